The van der Waals surface area contributed by atoms with Crippen molar-refractivity contribution in [1.29, 1.82) is 0 Å². The molecular formula is H8Na2O4S. The topological polar surface area (TPSA) is 100 Å². The van der Waals surface area contributed by atoms with Gasteiger partial charge >= 0.3 is 59.1 Å². The van der Waals surface area contributed by atoms with Crippen LogP contribution in [0.2, 0.25) is 0 Å². The normalized spacial score (nSPS) is 2.43. The van der Waals surface area contributed by atoms with Gasteiger partial charge in [-0.25, -0.2) is 4.21 Å². The van der Waals surface area contributed by atoms with E-state index in [9.17, 15) is 0 Å². The molecule has 7 heavy (non-hydrogen) atoms. The van der Waals surface area contributed by atoms with Crippen molar-refractivity contribution in [2.24, 2.45) is 0 Å². The first-order chi connectivity index (χ1) is 1.41. The Bertz CT molecular complexity index is 17.2. The van der Waals surface area contributed by atoms with Crippen LogP contribution in [0.4, 0.5) is 0 Å². The maximum absolute atomic E-state index is 8.46. The summed E-state index contributed by atoms with van der Waals surface area (Å²) in [6, 6.07) is 0. The van der Waals surface area contributed by atoms with Crippen LogP contribution in [0.25, 0.3) is 0 Å². The standard InChI is InChI=1S/2Na.H2O2S.2H2O.2H/c;;1-3-2;;;;/h;;3H,(H,1,2);2*1H2;;. The summed E-state index contributed by atoms with van der Waals surface area (Å²) >= 11 is -0.833. The molecule has 7 heteroatoms. The van der Waals surface area contributed by atoms with E-state index in [1.165, 1.54) is 0 Å². The molecule has 0 rings (SSSR count). The van der Waals surface area contributed by atoms with E-state index in [-0.39, 0.29) is 70.1 Å². The Morgan fingerprint density at radius 1 is 1.14 bits per heavy atom. The average Bonchev–Trinajstić information content (AvgIpc) is 0.918. The summed E-state index contributed by atoms with van der Waals surface area (Å²) in [4.78, 5) is 0. The third-order valence-electron chi connectivity index (χ3n) is 0. The Labute approximate surface area is 89.6 Å². The molecule has 0 aromatic rings. The second-order valence-corrected chi connectivity index (χ2v) is 0.245. The molecule has 0 heterocycles. The third kappa shape index (κ3) is 70.9. The first-order valence-electron chi connectivity index (χ1n) is 0.383. The Hall–Kier alpha value is 2.03. The SMILES string of the molecule is O.O.O=[SH]O.[NaH].[NaH]. The van der Waals surface area contributed by atoms with Crippen molar-refractivity contribution in [1.82, 2.24) is 0 Å². The van der Waals surface area contributed by atoms with Gasteiger partial charge in [-0.05, 0) is 0 Å². The minimum atomic E-state index is -0.833. The molecule has 0 amide bonds. The fourth-order valence-corrected chi connectivity index (χ4v) is 0. The minimum absolute atomic E-state index is 0. The average molecular weight is 150 g/mol. The molecular weight excluding hydrogens is 142 g/mol. The molecule has 0 spiro atoms. The van der Waals surface area contributed by atoms with Crippen molar-refractivity contribution in [3.05, 3.63) is 0 Å². The number of hydrogen-bond donors (Lipinski definition) is 2. The second-order valence-electron chi connectivity index (χ2n) is 0.0816. The molecule has 0 aromatic carbocycles. The van der Waals surface area contributed by atoms with Gasteiger partial charge in [0.25, 0.3) is 0 Å². The molecule has 0 radical (unpaired) electrons. The number of hydrogen-bond acceptors (Lipinski definition) is 1. The van der Waals surface area contributed by atoms with Crippen LogP contribution < -0.4 is 0 Å². The van der Waals surface area contributed by atoms with E-state index in [0.717, 1.165) is 0 Å². The predicted octanol–water partition coefficient (Wildman–Crippen LogP) is -3.54. The quantitative estimate of drug-likeness (QED) is 0.212. The molecule has 0 aliphatic carbocycles. The van der Waals surface area contributed by atoms with E-state index in [2.05, 4.69) is 0 Å². The Kier molecular flexibility index (Phi) is 221. The molecule has 0 saturated carbocycles. The van der Waals surface area contributed by atoms with Gasteiger partial charge in [-0.3, -0.25) is 0 Å². The molecule has 5 N–H and O–H groups in total. The summed E-state index contributed by atoms with van der Waals surface area (Å²) in [6.45, 7) is 0. The first kappa shape index (κ1) is 35.9. The van der Waals surface area contributed by atoms with Gasteiger partial charge in [0.1, 0.15) is 11.9 Å². The van der Waals surface area contributed by atoms with Gasteiger partial charge in [0.15, 0.2) is 0 Å². The molecule has 0 aliphatic heterocycles. The molecule has 4 nitrogen and oxygen atoms in total. The summed E-state index contributed by atoms with van der Waals surface area (Å²) in [6.07, 6.45) is 0. The van der Waals surface area contributed by atoms with Crippen LogP contribution in [0.1, 0.15) is 0 Å². The molecule has 0 aromatic heterocycles. The van der Waals surface area contributed by atoms with Crippen LogP contribution in [0.15, 0.2) is 0 Å². The summed E-state index contributed by atoms with van der Waals surface area (Å²) in [7, 11) is 0. The van der Waals surface area contributed by atoms with Gasteiger partial charge in [-0.2, -0.15) is 0 Å². The van der Waals surface area contributed by atoms with Crippen LogP contribution >= 0.6 is 0 Å². The molecule has 0 saturated heterocycles. The fraction of sp³-hybridized carbons (Fsp3) is 0. The van der Waals surface area contributed by atoms with E-state index < -0.39 is 11.9 Å². The fourth-order valence-electron chi connectivity index (χ4n) is 0. The molecule has 0 unspecified atom stereocenters. The maximum atomic E-state index is 8.46. The van der Waals surface area contributed by atoms with Crippen LogP contribution in [0.3, 0.4) is 0 Å². The molecule has 0 bridgehead atoms. The van der Waals surface area contributed by atoms with Crippen molar-refractivity contribution >= 4 is 71.1 Å². The summed E-state index contributed by atoms with van der Waals surface area (Å²) in [5.41, 5.74) is 0. The van der Waals surface area contributed by atoms with Crippen molar-refractivity contribution in [3.63, 3.8) is 0 Å². The zero-order valence-electron chi connectivity index (χ0n) is 2.30. The van der Waals surface area contributed by atoms with Crippen LogP contribution in [0, 0.1) is 0 Å². The summed E-state index contributed by atoms with van der Waals surface area (Å²) < 4.78 is 15.4. The van der Waals surface area contributed by atoms with E-state index in [4.69, 9.17) is 8.76 Å². The third-order valence-corrected chi connectivity index (χ3v) is 0. The summed E-state index contributed by atoms with van der Waals surface area (Å²) in [5, 5.41) is 0. The first-order valence-corrected chi connectivity index (χ1v) is 1.15. The number of thiol groups is 1. The van der Waals surface area contributed by atoms with E-state index in [0.29, 0.717) is 0 Å². The van der Waals surface area contributed by atoms with Gasteiger partial charge in [0.05, 0.1) is 0 Å². The van der Waals surface area contributed by atoms with Crippen LogP contribution in [0.5, 0.6) is 0 Å². The zero-order valence-corrected chi connectivity index (χ0v) is 3.20. The molecule has 40 valence electrons. The van der Waals surface area contributed by atoms with Gasteiger partial charge in [0, 0.05) is 0 Å². The zero-order chi connectivity index (χ0) is 2.71. The summed E-state index contributed by atoms with van der Waals surface area (Å²) in [5.74, 6) is 0. The van der Waals surface area contributed by atoms with Crippen molar-refractivity contribution in [3.8, 4) is 0 Å². The van der Waals surface area contributed by atoms with E-state index >= 15 is 0 Å². The van der Waals surface area contributed by atoms with Gasteiger partial charge in [0.2, 0.25) is 0 Å². The number of rotatable bonds is 0. The van der Waals surface area contributed by atoms with Crippen molar-refractivity contribution in [2.75, 3.05) is 0 Å². The molecule has 0 aliphatic rings. The van der Waals surface area contributed by atoms with Crippen molar-refractivity contribution < 1.29 is 19.7 Å². The molecule has 0 atom stereocenters. The van der Waals surface area contributed by atoms with Gasteiger partial charge < -0.3 is 15.5 Å². The monoisotopic (exact) mass is 150 g/mol. The Morgan fingerprint density at radius 2 is 1.14 bits per heavy atom. The Morgan fingerprint density at radius 3 is 1.14 bits per heavy atom. The van der Waals surface area contributed by atoms with Crippen LogP contribution in [-0.4, -0.2) is 78.8 Å². The Balaban J connectivity index is -0.00000000333. The second kappa shape index (κ2) is 43.2. The van der Waals surface area contributed by atoms with Gasteiger partial charge in [-0.1, -0.05) is 0 Å². The van der Waals surface area contributed by atoms with E-state index in [1.54, 1.807) is 0 Å². The van der Waals surface area contributed by atoms with Crippen LogP contribution in [-0.2, 0) is 11.9 Å². The van der Waals surface area contributed by atoms with Gasteiger partial charge in [-0.15, -0.1) is 0 Å². The van der Waals surface area contributed by atoms with Crippen molar-refractivity contribution in [2.45, 2.75) is 0 Å². The van der Waals surface area contributed by atoms with E-state index in [1.807, 2.05) is 0 Å². The molecule has 0 fully saturated rings. The predicted molar refractivity (Wildman–Crippen MR) is 33.7 cm³/mol.